The second-order valence-corrected chi connectivity index (χ2v) is 6.85. The zero-order valence-electron chi connectivity index (χ0n) is 16.3. The zero-order valence-corrected chi connectivity index (χ0v) is 16.3. The molecule has 0 bridgehead atoms. The van der Waals surface area contributed by atoms with Gasteiger partial charge in [-0.05, 0) is 37.1 Å². The standard InChI is InChI=1S/C22H23F3O5/c1-2-3-4-9-27-19-8-6-16(20(24)21(19)25)22-29-12-14(13-30-22)11-28-15-5-7-18(26)17(23)10-15/h2,5-8,10,14,22,26H,1,3-4,9,11-13H2. The third kappa shape index (κ3) is 5.46. The first-order valence-corrected chi connectivity index (χ1v) is 9.55. The van der Waals surface area contributed by atoms with Crippen LogP contribution in [0.5, 0.6) is 17.2 Å². The molecule has 0 radical (unpaired) electrons. The summed E-state index contributed by atoms with van der Waals surface area (Å²) in [5, 5.41) is 9.18. The molecule has 2 aromatic carbocycles. The molecule has 30 heavy (non-hydrogen) atoms. The fourth-order valence-corrected chi connectivity index (χ4v) is 2.86. The Kier molecular flexibility index (Phi) is 7.59. The van der Waals surface area contributed by atoms with Crippen LogP contribution in [0.2, 0.25) is 0 Å². The van der Waals surface area contributed by atoms with Crippen LogP contribution in [0.1, 0.15) is 24.7 Å². The van der Waals surface area contributed by atoms with Crippen molar-refractivity contribution in [3.8, 4) is 17.2 Å². The smallest absolute Gasteiger partial charge is 0.201 e. The first-order valence-electron chi connectivity index (χ1n) is 9.55. The molecule has 0 unspecified atom stereocenters. The summed E-state index contributed by atoms with van der Waals surface area (Å²) in [5.41, 5.74) is -0.0501. The molecule has 0 aromatic heterocycles. The van der Waals surface area contributed by atoms with E-state index in [-0.39, 0.29) is 49.4 Å². The molecule has 0 atom stereocenters. The van der Waals surface area contributed by atoms with Crippen molar-refractivity contribution in [2.75, 3.05) is 26.4 Å². The van der Waals surface area contributed by atoms with Gasteiger partial charge in [-0.3, -0.25) is 0 Å². The molecule has 1 saturated heterocycles. The number of phenolic OH excluding ortho intramolecular Hbond substituents is 1. The van der Waals surface area contributed by atoms with Gasteiger partial charge in [-0.2, -0.15) is 4.39 Å². The molecule has 0 spiro atoms. The normalized spacial score (nSPS) is 18.8. The molecule has 1 heterocycles. The van der Waals surface area contributed by atoms with Crippen LogP contribution in [-0.4, -0.2) is 31.5 Å². The number of unbranched alkanes of at least 4 members (excludes halogenated alkanes) is 1. The van der Waals surface area contributed by atoms with Crippen LogP contribution < -0.4 is 9.47 Å². The zero-order chi connectivity index (χ0) is 21.5. The van der Waals surface area contributed by atoms with Gasteiger partial charge in [0.05, 0.1) is 26.4 Å². The summed E-state index contributed by atoms with van der Waals surface area (Å²) < 4.78 is 63.8. The van der Waals surface area contributed by atoms with Crippen molar-refractivity contribution in [3.63, 3.8) is 0 Å². The minimum atomic E-state index is -1.09. The molecular weight excluding hydrogens is 401 g/mol. The SMILES string of the molecule is C=CCCCOc1ccc(C2OCC(COc3ccc(O)c(F)c3)CO2)c(F)c1F. The maximum Gasteiger partial charge on any atom is 0.201 e. The molecule has 2 aromatic rings. The predicted molar refractivity (Wildman–Crippen MR) is 103 cm³/mol. The Morgan fingerprint density at radius 1 is 1.07 bits per heavy atom. The van der Waals surface area contributed by atoms with E-state index < -0.39 is 29.5 Å². The van der Waals surface area contributed by atoms with Crippen molar-refractivity contribution in [1.29, 1.82) is 0 Å². The first-order chi connectivity index (χ1) is 14.5. The molecule has 0 aliphatic carbocycles. The maximum atomic E-state index is 14.4. The number of ether oxygens (including phenoxy) is 4. The second-order valence-electron chi connectivity index (χ2n) is 6.85. The molecule has 162 valence electrons. The van der Waals surface area contributed by atoms with Crippen LogP contribution in [0.4, 0.5) is 13.2 Å². The van der Waals surface area contributed by atoms with Gasteiger partial charge in [0.25, 0.3) is 0 Å². The number of phenols is 1. The van der Waals surface area contributed by atoms with Gasteiger partial charge in [-0.25, -0.2) is 8.78 Å². The molecule has 1 N–H and O–H groups in total. The number of benzene rings is 2. The van der Waals surface area contributed by atoms with Crippen molar-refractivity contribution in [1.82, 2.24) is 0 Å². The second kappa shape index (κ2) is 10.4. The molecule has 1 fully saturated rings. The highest BCUT2D eigenvalue weighted by atomic mass is 19.2. The lowest BCUT2D eigenvalue weighted by Crippen LogP contribution is -2.31. The van der Waals surface area contributed by atoms with Gasteiger partial charge in [0.1, 0.15) is 5.75 Å². The minimum absolute atomic E-state index is 0.0501. The molecule has 3 rings (SSSR count). The van der Waals surface area contributed by atoms with Gasteiger partial charge in [0.2, 0.25) is 5.82 Å². The van der Waals surface area contributed by atoms with Gasteiger partial charge >= 0.3 is 0 Å². The van der Waals surface area contributed by atoms with Crippen molar-refractivity contribution in [2.45, 2.75) is 19.1 Å². The topological polar surface area (TPSA) is 57.2 Å². The Morgan fingerprint density at radius 2 is 1.83 bits per heavy atom. The minimum Gasteiger partial charge on any atom is -0.505 e. The Balaban J connectivity index is 1.52. The quantitative estimate of drug-likeness (QED) is 0.459. The lowest BCUT2D eigenvalue weighted by atomic mass is 10.1. The van der Waals surface area contributed by atoms with E-state index in [1.54, 1.807) is 6.08 Å². The molecular formula is C22H23F3O5. The van der Waals surface area contributed by atoms with Crippen LogP contribution in [0.3, 0.4) is 0 Å². The lowest BCUT2D eigenvalue weighted by Gasteiger charge is -2.29. The van der Waals surface area contributed by atoms with Gasteiger partial charge in [0, 0.05) is 17.5 Å². The summed E-state index contributed by atoms with van der Waals surface area (Å²) in [4.78, 5) is 0. The van der Waals surface area contributed by atoms with Crippen molar-refractivity contribution in [2.24, 2.45) is 5.92 Å². The molecule has 8 heteroatoms. The number of aromatic hydroxyl groups is 1. The van der Waals surface area contributed by atoms with Crippen LogP contribution in [0.25, 0.3) is 0 Å². The molecule has 1 aliphatic heterocycles. The monoisotopic (exact) mass is 424 g/mol. The van der Waals surface area contributed by atoms with E-state index >= 15 is 0 Å². The van der Waals surface area contributed by atoms with Crippen molar-refractivity contribution >= 4 is 0 Å². The summed E-state index contributed by atoms with van der Waals surface area (Å²) in [6.07, 6.45) is 2.05. The molecule has 0 amide bonds. The van der Waals surface area contributed by atoms with Gasteiger partial charge in [-0.15, -0.1) is 6.58 Å². The van der Waals surface area contributed by atoms with Gasteiger partial charge in [-0.1, -0.05) is 6.08 Å². The number of halogens is 3. The average molecular weight is 424 g/mol. The highest BCUT2D eigenvalue weighted by Gasteiger charge is 2.28. The fraction of sp³-hybridized carbons (Fsp3) is 0.364. The van der Waals surface area contributed by atoms with E-state index in [9.17, 15) is 18.3 Å². The molecule has 0 saturated carbocycles. The Hall–Kier alpha value is -2.71. The van der Waals surface area contributed by atoms with Crippen molar-refractivity contribution < 1.29 is 37.2 Å². The fourth-order valence-electron chi connectivity index (χ4n) is 2.86. The van der Waals surface area contributed by atoms with Gasteiger partial charge < -0.3 is 24.1 Å². The number of allylic oxidation sites excluding steroid dienone is 1. The highest BCUT2D eigenvalue weighted by molar-refractivity contribution is 5.32. The number of hydrogen-bond acceptors (Lipinski definition) is 5. The third-order valence-corrected chi connectivity index (χ3v) is 4.51. The largest absolute Gasteiger partial charge is 0.505 e. The Labute approximate surface area is 172 Å². The summed E-state index contributed by atoms with van der Waals surface area (Å²) in [7, 11) is 0. The van der Waals surface area contributed by atoms with E-state index in [2.05, 4.69) is 6.58 Å². The average Bonchev–Trinajstić information content (AvgIpc) is 2.75. The van der Waals surface area contributed by atoms with Crippen LogP contribution >= 0.6 is 0 Å². The predicted octanol–water partition coefficient (Wildman–Crippen LogP) is 4.90. The number of rotatable bonds is 9. The maximum absolute atomic E-state index is 14.4. The summed E-state index contributed by atoms with van der Waals surface area (Å²) in [6, 6.07) is 6.43. The van der Waals surface area contributed by atoms with Crippen LogP contribution in [-0.2, 0) is 9.47 Å². The van der Waals surface area contributed by atoms with Crippen LogP contribution in [0, 0.1) is 23.4 Å². The van der Waals surface area contributed by atoms with E-state index in [1.807, 2.05) is 0 Å². The summed E-state index contributed by atoms with van der Waals surface area (Å²) in [6.45, 7) is 4.39. The Bertz CT molecular complexity index is 866. The van der Waals surface area contributed by atoms with Gasteiger partial charge in [0.15, 0.2) is 29.4 Å². The Morgan fingerprint density at radius 3 is 2.53 bits per heavy atom. The molecule has 1 aliphatic rings. The lowest BCUT2D eigenvalue weighted by molar-refractivity contribution is -0.210. The molecule has 5 nitrogen and oxygen atoms in total. The van der Waals surface area contributed by atoms with Crippen molar-refractivity contribution in [3.05, 3.63) is 66.0 Å². The van der Waals surface area contributed by atoms with E-state index in [4.69, 9.17) is 18.9 Å². The highest BCUT2D eigenvalue weighted by Crippen LogP contribution is 2.32. The summed E-state index contributed by atoms with van der Waals surface area (Å²) in [5.74, 6) is -3.49. The first kappa shape index (κ1) is 22.0. The van der Waals surface area contributed by atoms with E-state index in [0.29, 0.717) is 6.42 Å². The van der Waals surface area contributed by atoms with E-state index in [0.717, 1.165) is 12.5 Å². The summed E-state index contributed by atoms with van der Waals surface area (Å²) >= 11 is 0. The van der Waals surface area contributed by atoms with E-state index in [1.165, 1.54) is 24.3 Å². The van der Waals surface area contributed by atoms with Crippen LogP contribution in [0.15, 0.2) is 43.0 Å². The third-order valence-electron chi connectivity index (χ3n) is 4.51. The number of hydrogen-bond donors (Lipinski definition) is 1.